The predicted octanol–water partition coefficient (Wildman–Crippen LogP) is 5.49. The van der Waals surface area contributed by atoms with E-state index in [1.165, 1.54) is 25.7 Å². The zero-order chi connectivity index (χ0) is 20.0. The SMILES string of the molecule is COCC1CCC(C2(C#N)CCC(C#N)(C3CCC(COC)CC3)CC2)CC1. The van der Waals surface area contributed by atoms with E-state index < -0.39 is 0 Å². The summed E-state index contributed by atoms with van der Waals surface area (Å²) in [5, 5.41) is 20.3. The van der Waals surface area contributed by atoms with Gasteiger partial charge in [-0.3, -0.25) is 0 Å². The normalized spacial score (nSPS) is 41.7. The fourth-order valence-corrected chi connectivity index (χ4v) is 6.60. The van der Waals surface area contributed by atoms with Gasteiger partial charge in [-0.15, -0.1) is 0 Å². The second-order valence-electron chi connectivity index (χ2n) is 9.88. The number of nitriles is 2. The topological polar surface area (TPSA) is 66.0 Å². The molecular weight excluding hydrogens is 348 g/mol. The van der Waals surface area contributed by atoms with Crippen LogP contribution in [0.3, 0.4) is 0 Å². The van der Waals surface area contributed by atoms with E-state index in [2.05, 4.69) is 12.1 Å². The Labute approximate surface area is 171 Å². The maximum absolute atomic E-state index is 10.1. The van der Waals surface area contributed by atoms with E-state index >= 15 is 0 Å². The summed E-state index contributed by atoms with van der Waals surface area (Å²) in [6.07, 6.45) is 13.1. The highest BCUT2D eigenvalue weighted by atomic mass is 16.5. The van der Waals surface area contributed by atoms with Crippen molar-refractivity contribution in [3.63, 3.8) is 0 Å². The van der Waals surface area contributed by atoms with Gasteiger partial charge in [-0.05, 0) is 101 Å². The van der Waals surface area contributed by atoms with Gasteiger partial charge in [0.25, 0.3) is 0 Å². The minimum Gasteiger partial charge on any atom is -0.384 e. The van der Waals surface area contributed by atoms with Crippen LogP contribution < -0.4 is 0 Å². The minimum absolute atomic E-state index is 0.189. The molecule has 0 aromatic heterocycles. The minimum atomic E-state index is -0.189. The molecule has 3 saturated carbocycles. The molecule has 4 nitrogen and oxygen atoms in total. The van der Waals surface area contributed by atoms with Crippen molar-refractivity contribution in [3.05, 3.63) is 0 Å². The molecule has 3 aliphatic carbocycles. The van der Waals surface area contributed by atoms with Gasteiger partial charge >= 0.3 is 0 Å². The summed E-state index contributed by atoms with van der Waals surface area (Å²) in [5.74, 6) is 2.36. The Kier molecular flexibility index (Phi) is 7.41. The molecule has 0 amide bonds. The summed E-state index contributed by atoms with van der Waals surface area (Å²) in [4.78, 5) is 0. The van der Waals surface area contributed by atoms with Crippen molar-refractivity contribution in [2.75, 3.05) is 27.4 Å². The highest BCUT2D eigenvalue weighted by Crippen LogP contribution is 2.57. The van der Waals surface area contributed by atoms with Crippen LogP contribution in [0.5, 0.6) is 0 Å². The number of rotatable bonds is 6. The van der Waals surface area contributed by atoms with Gasteiger partial charge in [0, 0.05) is 27.4 Å². The maximum atomic E-state index is 10.1. The van der Waals surface area contributed by atoms with Crippen molar-refractivity contribution >= 4 is 0 Å². The second kappa shape index (κ2) is 9.60. The molecule has 0 heterocycles. The Morgan fingerprint density at radius 3 is 1.21 bits per heavy atom. The van der Waals surface area contributed by atoms with Crippen LogP contribution in [-0.2, 0) is 9.47 Å². The monoisotopic (exact) mass is 386 g/mol. The lowest BCUT2D eigenvalue weighted by Gasteiger charge is -2.49. The van der Waals surface area contributed by atoms with E-state index in [-0.39, 0.29) is 10.8 Å². The zero-order valence-electron chi connectivity index (χ0n) is 17.9. The standard InChI is InChI=1S/C24H38N2O2/c1-27-15-19-3-7-21(8-4-19)23(17-25)11-13-24(18-26,14-12-23)22-9-5-20(6-10-22)16-28-2/h19-22H,3-16H2,1-2H3. The van der Waals surface area contributed by atoms with Crippen LogP contribution >= 0.6 is 0 Å². The highest BCUT2D eigenvalue weighted by molar-refractivity contribution is 5.14. The summed E-state index contributed by atoms with van der Waals surface area (Å²) in [6, 6.07) is 5.53. The quantitative estimate of drug-likeness (QED) is 0.606. The van der Waals surface area contributed by atoms with E-state index in [0.29, 0.717) is 23.7 Å². The van der Waals surface area contributed by atoms with Crippen molar-refractivity contribution in [3.8, 4) is 12.1 Å². The third kappa shape index (κ3) is 4.39. The molecule has 3 aliphatic rings. The predicted molar refractivity (Wildman–Crippen MR) is 109 cm³/mol. The van der Waals surface area contributed by atoms with Crippen LogP contribution in [-0.4, -0.2) is 27.4 Å². The van der Waals surface area contributed by atoms with Gasteiger partial charge < -0.3 is 9.47 Å². The van der Waals surface area contributed by atoms with E-state index in [0.717, 1.165) is 64.6 Å². The Morgan fingerprint density at radius 2 is 0.964 bits per heavy atom. The maximum Gasteiger partial charge on any atom is 0.0692 e. The van der Waals surface area contributed by atoms with Crippen LogP contribution in [0.25, 0.3) is 0 Å². The van der Waals surface area contributed by atoms with Crippen molar-refractivity contribution in [1.29, 1.82) is 10.5 Å². The van der Waals surface area contributed by atoms with Crippen molar-refractivity contribution in [2.24, 2.45) is 34.5 Å². The number of hydrogen-bond acceptors (Lipinski definition) is 4. The van der Waals surface area contributed by atoms with Crippen LogP contribution in [0.4, 0.5) is 0 Å². The first-order valence-corrected chi connectivity index (χ1v) is 11.4. The summed E-state index contributed by atoms with van der Waals surface area (Å²) >= 11 is 0. The molecule has 0 radical (unpaired) electrons. The molecular formula is C24H38N2O2. The average Bonchev–Trinajstić information content (AvgIpc) is 2.75. The molecule has 0 aliphatic heterocycles. The Balaban J connectivity index is 1.60. The molecule has 3 fully saturated rings. The molecule has 3 rings (SSSR count). The third-order valence-electron chi connectivity index (χ3n) is 8.54. The molecule has 0 atom stereocenters. The molecule has 156 valence electrons. The van der Waals surface area contributed by atoms with E-state index in [9.17, 15) is 10.5 Å². The molecule has 0 saturated heterocycles. The molecule has 28 heavy (non-hydrogen) atoms. The van der Waals surface area contributed by atoms with E-state index in [4.69, 9.17) is 9.47 Å². The molecule has 0 unspecified atom stereocenters. The van der Waals surface area contributed by atoms with Crippen molar-refractivity contribution in [1.82, 2.24) is 0 Å². The first kappa shape index (κ1) is 21.6. The summed E-state index contributed by atoms with van der Waals surface area (Å²) < 4.78 is 10.7. The van der Waals surface area contributed by atoms with Crippen LogP contribution in [0, 0.1) is 57.2 Å². The van der Waals surface area contributed by atoms with Gasteiger partial charge in [-0.2, -0.15) is 10.5 Å². The van der Waals surface area contributed by atoms with Gasteiger partial charge in [0.05, 0.1) is 23.0 Å². The molecule has 0 aromatic rings. The number of methoxy groups -OCH3 is 2. The lowest BCUT2D eigenvalue weighted by Crippen LogP contribution is -2.43. The first-order chi connectivity index (χ1) is 13.6. The highest BCUT2D eigenvalue weighted by Gasteiger charge is 2.51. The summed E-state index contributed by atoms with van der Waals surface area (Å²) in [5.41, 5.74) is -0.378. The third-order valence-corrected chi connectivity index (χ3v) is 8.54. The second-order valence-corrected chi connectivity index (χ2v) is 9.88. The summed E-state index contributed by atoms with van der Waals surface area (Å²) in [6.45, 7) is 1.71. The van der Waals surface area contributed by atoms with Gasteiger partial charge in [-0.1, -0.05) is 0 Å². The molecule has 0 spiro atoms. The molecule has 4 heteroatoms. The fourth-order valence-electron chi connectivity index (χ4n) is 6.60. The average molecular weight is 387 g/mol. The van der Waals surface area contributed by atoms with E-state index in [1.54, 1.807) is 14.2 Å². The van der Waals surface area contributed by atoms with Crippen LogP contribution in [0.2, 0.25) is 0 Å². The number of hydrogen-bond donors (Lipinski definition) is 0. The smallest absolute Gasteiger partial charge is 0.0692 e. The Bertz CT molecular complexity index is 514. The molecule has 0 N–H and O–H groups in total. The van der Waals surface area contributed by atoms with Crippen LogP contribution in [0.15, 0.2) is 0 Å². The Morgan fingerprint density at radius 1 is 0.643 bits per heavy atom. The van der Waals surface area contributed by atoms with Gasteiger partial charge in [-0.25, -0.2) is 0 Å². The van der Waals surface area contributed by atoms with E-state index in [1.807, 2.05) is 0 Å². The van der Waals surface area contributed by atoms with Crippen molar-refractivity contribution < 1.29 is 9.47 Å². The van der Waals surface area contributed by atoms with Crippen molar-refractivity contribution in [2.45, 2.75) is 77.0 Å². The number of nitrogens with zero attached hydrogens (tertiary/aromatic N) is 2. The van der Waals surface area contributed by atoms with Gasteiger partial charge in [0.1, 0.15) is 0 Å². The zero-order valence-corrected chi connectivity index (χ0v) is 17.9. The Hall–Kier alpha value is -1.10. The fraction of sp³-hybridized carbons (Fsp3) is 0.917. The van der Waals surface area contributed by atoms with Crippen LogP contribution in [0.1, 0.15) is 77.0 Å². The van der Waals surface area contributed by atoms with Gasteiger partial charge in [0.2, 0.25) is 0 Å². The largest absolute Gasteiger partial charge is 0.384 e. The summed E-state index contributed by atoms with van der Waals surface area (Å²) in [7, 11) is 3.57. The van der Waals surface area contributed by atoms with Gasteiger partial charge in [0.15, 0.2) is 0 Å². The molecule has 0 bridgehead atoms. The molecule has 0 aromatic carbocycles. The lowest BCUT2D eigenvalue weighted by atomic mass is 9.53. The first-order valence-electron chi connectivity index (χ1n) is 11.4. The lowest BCUT2D eigenvalue weighted by molar-refractivity contribution is 0.0165. The number of ether oxygens (including phenoxy) is 2.